The predicted octanol–water partition coefficient (Wildman–Crippen LogP) is 4.22. The highest BCUT2D eigenvalue weighted by atomic mass is 35.5. The largest absolute Gasteiger partial charge is 0.485 e. The van der Waals surface area contributed by atoms with Gasteiger partial charge in [0.1, 0.15) is 25.2 Å². The van der Waals surface area contributed by atoms with Crippen LogP contribution in [0.3, 0.4) is 0 Å². The molecule has 10 heteroatoms. The van der Waals surface area contributed by atoms with Crippen LogP contribution in [0.2, 0.25) is 5.02 Å². The Morgan fingerprint density at radius 1 is 1.24 bits per heavy atom. The predicted molar refractivity (Wildman–Crippen MR) is 136 cm³/mol. The lowest BCUT2D eigenvalue weighted by Gasteiger charge is -2.37. The second-order valence-corrected chi connectivity index (χ2v) is 9.04. The average Bonchev–Trinajstić information content (AvgIpc) is 3.50. The lowest BCUT2D eigenvalue weighted by atomic mass is 10.1. The Morgan fingerprint density at radius 2 is 2.00 bits per heavy atom. The Kier molecular flexibility index (Phi) is 6.38. The molecule has 0 spiro atoms. The number of nitrogens with one attached hydrogen (secondary N) is 5. The van der Waals surface area contributed by atoms with E-state index in [0.29, 0.717) is 41.7 Å². The number of anilines is 1. The van der Waals surface area contributed by atoms with E-state index in [1.165, 1.54) is 31.9 Å². The molecule has 0 saturated heterocycles. The summed E-state index contributed by atoms with van der Waals surface area (Å²) in [6, 6.07) is 4.36. The third-order valence-electron chi connectivity index (χ3n) is 6.55. The van der Waals surface area contributed by atoms with E-state index in [1.807, 2.05) is 26.2 Å². The molecule has 1 saturated carbocycles. The summed E-state index contributed by atoms with van der Waals surface area (Å²) in [6.07, 6.45) is 9.45. The number of guanidine groups is 1. The number of rotatable bonds is 6. The van der Waals surface area contributed by atoms with Crippen LogP contribution in [0.15, 0.2) is 29.4 Å². The second kappa shape index (κ2) is 9.60. The van der Waals surface area contributed by atoms with E-state index >= 15 is 0 Å². The number of hydrogen-bond donors (Lipinski definition) is 5. The number of halogens is 1. The molecule has 1 aromatic heterocycles. The number of benzene rings is 1. The van der Waals surface area contributed by atoms with Gasteiger partial charge in [0, 0.05) is 43.8 Å². The monoisotopic (exact) mass is 483 g/mol. The molecule has 2 aliphatic heterocycles. The zero-order chi connectivity index (χ0) is 23.7. The topological polar surface area (TPSA) is 110 Å². The highest BCUT2D eigenvalue weighted by molar-refractivity contribution is 6.32. The van der Waals surface area contributed by atoms with Crippen molar-refractivity contribution in [3.8, 4) is 11.5 Å². The summed E-state index contributed by atoms with van der Waals surface area (Å²) in [7, 11) is 3.83. The van der Waals surface area contributed by atoms with E-state index in [1.54, 1.807) is 12.3 Å². The third-order valence-corrected chi connectivity index (χ3v) is 6.87. The number of aromatic amines is 1. The fourth-order valence-corrected chi connectivity index (χ4v) is 5.09. The molecule has 0 radical (unpaired) electrons. The number of allylic oxidation sites excluding steroid dienone is 1. The van der Waals surface area contributed by atoms with Crippen molar-refractivity contribution in [2.45, 2.75) is 37.9 Å². The van der Waals surface area contributed by atoms with Gasteiger partial charge in [0.25, 0.3) is 0 Å². The third kappa shape index (κ3) is 4.10. The number of H-pyrrole nitrogens is 1. The lowest BCUT2D eigenvalue weighted by molar-refractivity contribution is 0.172. The van der Waals surface area contributed by atoms with E-state index < -0.39 is 0 Å². The van der Waals surface area contributed by atoms with Gasteiger partial charge in [0.15, 0.2) is 11.5 Å². The summed E-state index contributed by atoms with van der Waals surface area (Å²) in [4.78, 5) is 10.1. The molecule has 0 amide bonds. The molecule has 1 aromatic carbocycles. The number of aromatic nitrogens is 1. The van der Waals surface area contributed by atoms with Gasteiger partial charge >= 0.3 is 0 Å². The Hall–Kier alpha value is -3.17. The smallest absolute Gasteiger partial charge is 0.206 e. The standard InChI is InChI=1S/C24H30ClN7O2/c1-27-17(9-10-26)15-7-8-18(21-20(15)33-11-12-34-21)30-24-31-22-19(16(25)13-28-22)23(32(24)2)29-14-5-3-4-6-14/h7-10,13-14,23,26-29H,3-6,11-12H2,1-2H3,(H,30,31)/b17-9-,26-10?. The molecule has 0 bridgehead atoms. The first-order chi connectivity index (χ1) is 16.6. The van der Waals surface area contributed by atoms with Crippen LogP contribution >= 0.6 is 11.6 Å². The quantitative estimate of drug-likeness (QED) is 0.393. The van der Waals surface area contributed by atoms with Crippen molar-refractivity contribution < 1.29 is 9.47 Å². The fourth-order valence-electron chi connectivity index (χ4n) is 4.84. The normalized spacial score (nSPS) is 20.1. The Balaban J connectivity index is 1.49. The molecule has 3 aliphatic rings. The molecule has 5 rings (SSSR count). The van der Waals surface area contributed by atoms with Gasteiger partial charge < -0.3 is 35.4 Å². The van der Waals surface area contributed by atoms with E-state index in [0.717, 1.165) is 28.3 Å². The maximum atomic E-state index is 7.46. The van der Waals surface area contributed by atoms with Crippen LogP contribution < -0.4 is 25.4 Å². The fraction of sp³-hybridized carbons (Fsp3) is 0.417. The number of hydrogen-bond acceptors (Lipinski definition) is 8. The molecule has 180 valence electrons. The first kappa shape index (κ1) is 22.6. The van der Waals surface area contributed by atoms with Gasteiger partial charge in [-0.2, -0.15) is 4.99 Å². The molecule has 9 nitrogen and oxygen atoms in total. The van der Waals surface area contributed by atoms with Crippen molar-refractivity contribution in [3.05, 3.63) is 40.6 Å². The highest BCUT2D eigenvalue weighted by Crippen LogP contribution is 2.44. The van der Waals surface area contributed by atoms with Crippen molar-refractivity contribution in [2.24, 2.45) is 4.99 Å². The summed E-state index contributed by atoms with van der Waals surface area (Å²) in [6.45, 7) is 0.919. The van der Waals surface area contributed by atoms with Crippen molar-refractivity contribution in [1.29, 1.82) is 5.41 Å². The molecule has 3 heterocycles. The summed E-state index contributed by atoms with van der Waals surface area (Å²) in [5.74, 6) is 2.69. The number of ether oxygens (including phenoxy) is 2. The minimum Gasteiger partial charge on any atom is -0.485 e. The second-order valence-electron chi connectivity index (χ2n) is 8.63. The summed E-state index contributed by atoms with van der Waals surface area (Å²) >= 11 is 6.54. The van der Waals surface area contributed by atoms with E-state index in [4.69, 9.17) is 31.5 Å². The molecular weight excluding hydrogens is 454 g/mol. The maximum Gasteiger partial charge on any atom is 0.206 e. The SMILES string of the molecule is CN/C(=C\C=N)c1ccc(NC2=Nc3[nH]cc(Cl)c3C(NC3CCCC3)N2C)c2c1OCCO2. The Labute approximate surface area is 204 Å². The van der Waals surface area contributed by atoms with E-state index in [-0.39, 0.29) is 6.17 Å². The Morgan fingerprint density at radius 3 is 2.74 bits per heavy atom. The molecule has 2 aromatic rings. The number of aliphatic imine (C=N–C) groups is 1. The average molecular weight is 484 g/mol. The van der Waals surface area contributed by atoms with Crippen molar-refractivity contribution in [3.63, 3.8) is 0 Å². The number of fused-ring (bicyclic) bond motifs is 2. The summed E-state index contributed by atoms with van der Waals surface area (Å²) in [5.41, 5.74) is 3.34. The van der Waals surface area contributed by atoms with Gasteiger partial charge in [-0.3, -0.25) is 5.32 Å². The highest BCUT2D eigenvalue weighted by Gasteiger charge is 2.34. The minimum absolute atomic E-state index is 0.101. The molecule has 1 unspecified atom stereocenters. The van der Waals surface area contributed by atoms with Gasteiger partial charge in [-0.05, 0) is 31.1 Å². The summed E-state index contributed by atoms with van der Waals surface area (Å²) in [5, 5.41) is 18.5. The number of nitrogens with zero attached hydrogens (tertiary/aromatic N) is 2. The van der Waals surface area contributed by atoms with Gasteiger partial charge in [-0.15, -0.1) is 0 Å². The van der Waals surface area contributed by atoms with Crippen LogP contribution in [0.4, 0.5) is 11.5 Å². The van der Waals surface area contributed by atoms with Crippen molar-refractivity contribution in [1.82, 2.24) is 20.5 Å². The molecule has 34 heavy (non-hydrogen) atoms. The zero-order valence-electron chi connectivity index (χ0n) is 19.4. The van der Waals surface area contributed by atoms with Crippen LogP contribution in [-0.4, -0.2) is 55.4 Å². The van der Waals surface area contributed by atoms with Crippen LogP contribution in [-0.2, 0) is 0 Å². The molecule has 1 atom stereocenters. The molecule has 5 N–H and O–H groups in total. The van der Waals surface area contributed by atoms with Gasteiger partial charge in [-0.1, -0.05) is 24.4 Å². The van der Waals surface area contributed by atoms with Crippen LogP contribution in [0, 0.1) is 5.41 Å². The van der Waals surface area contributed by atoms with E-state index in [9.17, 15) is 0 Å². The maximum absolute atomic E-state index is 7.46. The first-order valence-electron chi connectivity index (χ1n) is 11.6. The van der Waals surface area contributed by atoms with Gasteiger partial charge in [0.2, 0.25) is 5.96 Å². The van der Waals surface area contributed by atoms with Crippen LogP contribution in [0.25, 0.3) is 5.70 Å². The Bertz CT molecular complexity index is 1140. The van der Waals surface area contributed by atoms with Crippen molar-refractivity contribution >= 4 is 41.0 Å². The lowest BCUT2D eigenvalue weighted by Crippen LogP contribution is -2.47. The molecular formula is C24H30ClN7O2. The first-order valence-corrected chi connectivity index (χ1v) is 12.0. The van der Waals surface area contributed by atoms with Crippen LogP contribution in [0.5, 0.6) is 11.5 Å². The van der Waals surface area contributed by atoms with Gasteiger partial charge in [-0.25, -0.2) is 0 Å². The molecule has 1 aliphatic carbocycles. The zero-order valence-corrected chi connectivity index (χ0v) is 20.1. The molecule has 1 fully saturated rings. The summed E-state index contributed by atoms with van der Waals surface area (Å²) < 4.78 is 12.0. The van der Waals surface area contributed by atoms with Crippen molar-refractivity contribution in [2.75, 3.05) is 32.6 Å². The van der Waals surface area contributed by atoms with Gasteiger partial charge in [0.05, 0.1) is 16.3 Å². The van der Waals surface area contributed by atoms with E-state index in [2.05, 4.69) is 25.8 Å². The minimum atomic E-state index is -0.101. The van der Waals surface area contributed by atoms with Crippen LogP contribution in [0.1, 0.15) is 43.0 Å².